The van der Waals surface area contributed by atoms with Crippen molar-refractivity contribution in [2.24, 2.45) is 0 Å². The highest BCUT2D eigenvalue weighted by Gasteiger charge is 2.23. The lowest BCUT2D eigenvalue weighted by atomic mass is 10.1. The van der Waals surface area contributed by atoms with Crippen LogP contribution in [0.3, 0.4) is 0 Å². The van der Waals surface area contributed by atoms with Crippen LogP contribution in [-0.2, 0) is 4.79 Å². The fourth-order valence-electron chi connectivity index (χ4n) is 1.82. The molecule has 0 saturated heterocycles. The maximum Gasteiger partial charge on any atom is 0.326 e. The topological polar surface area (TPSA) is 70.5 Å². The second kappa shape index (κ2) is 6.05. The SMILES string of the molecule is Cc1csc(-c2cccc(C(=O)N(C)C(C)C(=O)O)c2)n1. The van der Waals surface area contributed by atoms with Crippen LogP contribution < -0.4 is 0 Å². The molecule has 0 aliphatic heterocycles. The number of aliphatic carboxylic acids is 1. The molecule has 2 aromatic rings. The Labute approximate surface area is 126 Å². The van der Waals surface area contributed by atoms with E-state index in [1.54, 1.807) is 18.2 Å². The minimum atomic E-state index is -1.03. The van der Waals surface area contributed by atoms with Crippen LogP contribution in [0.2, 0.25) is 0 Å². The molecule has 2 rings (SSSR count). The summed E-state index contributed by atoms with van der Waals surface area (Å²) in [6.07, 6.45) is 0. The number of carboxylic acid groups (broad SMARTS) is 1. The standard InChI is InChI=1S/C15H16N2O3S/c1-9-8-21-13(16-9)11-5-4-6-12(7-11)14(18)17(3)10(2)15(19)20/h4-8,10H,1-3H3,(H,19,20). The van der Waals surface area contributed by atoms with E-state index in [-0.39, 0.29) is 5.91 Å². The molecule has 0 aliphatic rings. The van der Waals surface area contributed by atoms with Crippen molar-refractivity contribution in [2.75, 3.05) is 7.05 Å². The molecule has 0 spiro atoms. The van der Waals surface area contributed by atoms with Crippen molar-refractivity contribution in [3.63, 3.8) is 0 Å². The molecule has 1 heterocycles. The second-order valence-corrected chi connectivity index (χ2v) is 5.66. The van der Waals surface area contributed by atoms with Gasteiger partial charge in [0.15, 0.2) is 0 Å². The Kier molecular flexibility index (Phi) is 4.37. The van der Waals surface area contributed by atoms with E-state index in [1.807, 2.05) is 18.4 Å². The van der Waals surface area contributed by atoms with Crippen LogP contribution in [0, 0.1) is 6.92 Å². The summed E-state index contributed by atoms with van der Waals surface area (Å²) >= 11 is 1.51. The number of rotatable bonds is 4. The first kappa shape index (κ1) is 15.2. The average Bonchev–Trinajstić information content (AvgIpc) is 2.91. The second-order valence-electron chi connectivity index (χ2n) is 4.81. The molecule has 1 unspecified atom stereocenters. The van der Waals surface area contributed by atoms with Gasteiger partial charge in [-0.25, -0.2) is 9.78 Å². The Morgan fingerprint density at radius 2 is 2.10 bits per heavy atom. The minimum absolute atomic E-state index is 0.319. The van der Waals surface area contributed by atoms with Crippen LogP contribution in [-0.4, -0.2) is 40.0 Å². The Morgan fingerprint density at radius 1 is 1.38 bits per heavy atom. The minimum Gasteiger partial charge on any atom is -0.480 e. The summed E-state index contributed by atoms with van der Waals surface area (Å²) < 4.78 is 0. The Hall–Kier alpha value is -2.21. The maximum atomic E-state index is 12.3. The lowest BCUT2D eigenvalue weighted by Crippen LogP contribution is -2.40. The number of amides is 1. The van der Waals surface area contributed by atoms with Gasteiger partial charge in [0.2, 0.25) is 0 Å². The van der Waals surface area contributed by atoms with Gasteiger partial charge >= 0.3 is 5.97 Å². The molecule has 0 bridgehead atoms. The van der Waals surface area contributed by atoms with Gasteiger partial charge in [0.05, 0.1) is 0 Å². The van der Waals surface area contributed by atoms with E-state index in [0.717, 1.165) is 16.3 Å². The first-order chi connectivity index (χ1) is 9.90. The van der Waals surface area contributed by atoms with Crippen molar-refractivity contribution >= 4 is 23.2 Å². The van der Waals surface area contributed by atoms with Crippen molar-refractivity contribution in [1.29, 1.82) is 0 Å². The third kappa shape index (κ3) is 3.28. The van der Waals surface area contributed by atoms with Crippen molar-refractivity contribution in [3.8, 4) is 10.6 Å². The van der Waals surface area contributed by atoms with Crippen LogP contribution in [0.1, 0.15) is 23.0 Å². The van der Waals surface area contributed by atoms with E-state index in [4.69, 9.17) is 5.11 Å². The van der Waals surface area contributed by atoms with E-state index in [9.17, 15) is 9.59 Å². The van der Waals surface area contributed by atoms with Gasteiger partial charge in [-0.15, -0.1) is 11.3 Å². The predicted octanol–water partition coefficient (Wildman–Crippen LogP) is 2.66. The normalized spacial score (nSPS) is 12.0. The number of carbonyl (C=O) groups is 2. The van der Waals surface area contributed by atoms with E-state index in [0.29, 0.717) is 5.56 Å². The summed E-state index contributed by atoms with van der Waals surface area (Å²) in [6.45, 7) is 3.39. The Balaban J connectivity index is 2.29. The quantitative estimate of drug-likeness (QED) is 0.942. The van der Waals surface area contributed by atoms with E-state index < -0.39 is 12.0 Å². The molecule has 0 fully saturated rings. The highest BCUT2D eigenvalue weighted by Crippen LogP contribution is 2.24. The summed E-state index contributed by atoms with van der Waals surface area (Å²) in [6, 6.07) is 6.21. The van der Waals surface area contributed by atoms with Gasteiger partial charge in [0.25, 0.3) is 5.91 Å². The lowest BCUT2D eigenvalue weighted by molar-refractivity contribution is -0.141. The fourth-order valence-corrected chi connectivity index (χ4v) is 2.61. The van der Waals surface area contributed by atoms with E-state index in [1.165, 1.54) is 30.2 Å². The highest BCUT2D eigenvalue weighted by atomic mass is 32.1. The monoisotopic (exact) mass is 304 g/mol. The van der Waals surface area contributed by atoms with Gasteiger partial charge in [-0.1, -0.05) is 12.1 Å². The number of nitrogens with zero attached hydrogens (tertiary/aromatic N) is 2. The average molecular weight is 304 g/mol. The molecule has 110 valence electrons. The third-order valence-electron chi connectivity index (χ3n) is 3.23. The summed E-state index contributed by atoms with van der Waals surface area (Å²) in [7, 11) is 1.49. The zero-order chi connectivity index (χ0) is 15.6. The molecule has 6 heteroatoms. The number of hydrogen-bond donors (Lipinski definition) is 1. The van der Waals surface area contributed by atoms with Gasteiger partial charge in [0.1, 0.15) is 11.0 Å². The molecule has 1 aromatic carbocycles. The predicted molar refractivity (Wildman–Crippen MR) is 81.5 cm³/mol. The summed E-state index contributed by atoms with van der Waals surface area (Å²) in [5, 5.41) is 11.8. The molecule has 5 nitrogen and oxygen atoms in total. The summed E-state index contributed by atoms with van der Waals surface area (Å²) in [5.41, 5.74) is 2.25. The zero-order valence-corrected chi connectivity index (χ0v) is 12.8. The van der Waals surface area contributed by atoms with Gasteiger partial charge in [0, 0.05) is 29.2 Å². The maximum absolute atomic E-state index is 12.3. The van der Waals surface area contributed by atoms with Gasteiger partial charge in [-0.05, 0) is 26.0 Å². The number of aromatic nitrogens is 1. The number of likely N-dealkylation sites (N-methyl/N-ethyl adjacent to an activating group) is 1. The smallest absolute Gasteiger partial charge is 0.326 e. The number of benzene rings is 1. The molecular weight excluding hydrogens is 288 g/mol. The zero-order valence-electron chi connectivity index (χ0n) is 12.0. The molecule has 0 saturated carbocycles. The van der Waals surface area contributed by atoms with Crippen molar-refractivity contribution < 1.29 is 14.7 Å². The summed E-state index contributed by atoms with van der Waals surface area (Å²) in [4.78, 5) is 28.9. The Morgan fingerprint density at radius 3 is 2.67 bits per heavy atom. The number of aryl methyl sites for hydroxylation is 1. The third-order valence-corrected chi connectivity index (χ3v) is 4.24. The largest absolute Gasteiger partial charge is 0.480 e. The fraction of sp³-hybridized carbons (Fsp3) is 0.267. The number of hydrogen-bond acceptors (Lipinski definition) is 4. The van der Waals surface area contributed by atoms with Crippen molar-refractivity contribution in [2.45, 2.75) is 19.9 Å². The molecule has 1 aromatic heterocycles. The highest BCUT2D eigenvalue weighted by molar-refractivity contribution is 7.13. The van der Waals surface area contributed by atoms with Crippen LogP contribution in [0.15, 0.2) is 29.6 Å². The van der Waals surface area contributed by atoms with Crippen LogP contribution in [0.5, 0.6) is 0 Å². The first-order valence-corrected chi connectivity index (χ1v) is 7.30. The van der Waals surface area contributed by atoms with Crippen LogP contribution in [0.4, 0.5) is 0 Å². The van der Waals surface area contributed by atoms with Gasteiger partial charge < -0.3 is 10.0 Å². The molecule has 1 N–H and O–H groups in total. The Bertz CT molecular complexity index is 681. The van der Waals surface area contributed by atoms with Gasteiger partial charge in [-0.3, -0.25) is 4.79 Å². The van der Waals surface area contributed by atoms with Crippen molar-refractivity contribution in [3.05, 3.63) is 40.9 Å². The number of thiazole rings is 1. The van der Waals surface area contributed by atoms with Crippen molar-refractivity contribution in [1.82, 2.24) is 9.88 Å². The molecule has 0 aliphatic carbocycles. The van der Waals surface area contributed by atoms with Crippen LogP contribution in [0.25, 0.3) is 10.6 Å². The molecule has 21 heavy (non-hydrogen) atoms. The molecule has 0 radical (unpaired) electrons. The number of carbonyl (C=O) groups excluding carboxylic acids is 1. The van der Waals surface area contributed by atoms with Crippen LogP contribution >= 0.6 is 11.3 Å². The first-order valence-electron chi connectivity index (χ1n) is 6.42. The van der Waals surface area contributed by atoms with E-state index >= 15 is 0 Å². The molecular formula is C15H16N2O3S. The van der Waals surface area contributed by atoms with E-state index in [2.05, 4.69) is 4.98 Å². The molecule has 1 atom stereocenters. The lowest BCUT2D eigenvalue weighted by Gasteiger charge is -2.21. The summed E-state index contributed by atoms with van der Waals surface area (Å²) in [5.74, 6) is -1.35. The van der Waals surface area contributed by atoms with Gasteiger partial charge in [-0.2, -0.15) is 0 Å². The molecule has 1 amide bonds. The number of carboxylic acids is 1.